The predicted octanol–water partition coefficient (Wildman–Crippen LogP) is 2.24. The van der Waals surface area contributed by atoms with E-state index < -0.39 is 10.0 Å². The van der Waals surface area contributed by atoms with Crippen molar-refractivity contribution in [1.82, 2.24) is 9.62 Å². The molecule has 1 N–H and O–H groups in total. The first-order valence-corrected chi connectivity index (χ1v) is 8.87. The third-order valence-corrected chi connectivity index (χ3v) is 5.31. The number of carbonyl (C=O) groups excluding carboxylic acids is 1. The zero-order chi connectivity index (χ0) is 17.6. The highest BCUT2D eigenvalue weighted by Crippen LogP contribution is 2.23. The fraction of sp³-hybridized carbons (Fsp3) is 0.235. The summed E-state index contributed by atoms with van der Waals surface area (Å²) in [4.78, 5) is 11.4. The summed E-state index contributed by atoms with van der Waals surface area (Å²) in [6, 6.07) is 15.4. The lowest BCUT2D eigenvalue weighted by Crippen LogP contribution is -2.31. The molecule has 2 rings (SSSR count). The Morgan fingerprint density at radius 1 is 1.04 bits per heavy atom. The summed E-state index contributed by atoms with van der Waals surface area (Å²) in [5.41, 5.74) is 0. The van der Waals surface area contributed by atoms with Crippen molar-refractivity contribution in [1.29, 1.82) is 0 Å². The Bertz CT molecular complexity index is 774. The minimum atomic E-state index is -3.63. The maximum Gasteiger partial charge on any atom is 0.242 e. The van der Waals surface area contributed by atoms with Crippen LogP contribution in [-0.4, -0.2) is 39.3 Å². The van der Waals surface area contributed by atoms with Crippen molar-refractivity contribution in [3.63, 3.8) is 0 Å². The first-order valence-electron chi connectivity index (χ1n) is 7.43. The van der Waals surface area contributed by atoms with Crippen LogP contribution in [0.1, 0.15) is 6.42 Å². The van der Waals surface area contributed by atoms with E-state index in [0.29, 0.717) is 11.5 Å². The Labute approximate surface area is 142 Å². The fourth-order valence-corrected chi connectivity index (χ4v) is 3.16. The molecule has 6 nitrogen and oxygen atoms in total. The van der Waals surface area contributed by atoms with Crippen molar-refractivity contribution in [2.24, 2.45) is 0 Å². The molecule has 128 valence electrons. The molecule has 0 bridgehead atoms. The van der Waals surface area contributed by atoms with Gasteiger partial charge >= 0.3 is 0 Å². The minimum Gasteiger partial charge on any atom is -0.457 e. The van der Waals surface area contributed by atoms with E-state index in [0.717, 1.165) is 4.31 Å². The second-order valence-corrected chi connectivity index (χ2v) is 7.18. The van der Waals surface area contributed by atoms with Crippen molar-refractivity contribution in [2.75, 3.05) is 20.6 Å². The quantitative estimate of drug-likeness (QED) is 0.832. The van der Waals surface area contributed by atoms with Gasteiger partial charge in [0.1, 0.15) is 11.5 Å². The third-order valence-electron chi connectivity index (χ3n) is 3.44. The number of nitrogens with zero attached hydrogens (tertiary/aromatic N) is 1. The molecule has 0 aliphatic heterocycles. The summed E-state index contributed by atoms with van der Waals surface area (Å²) in [6.45, 7) is 0.115. The van der Waals surface area contributed by atoms with Gasteiger partial charge in [-0.2, -0.15) is 0 Å². The highest BCUT2D eigenvalue weighted by Gasteiger charge is 2.21. The molecule has 2 aromatic rings. The van der Waals surface area contributed by atoms with Gasteiger partial charge in [0.2, 0.25) is 15.9 Å². The molecule has 0 radical (unpaired) electrons. The van der Waals surface area contributed by atoms with Crippen molar-refractivity contribution >= 4 is 15.9 Å². The summed E-state index contributed by atoms with van der Waals surface area (Å²) >= 11 is 0. The number of rotatable bonds is 7. The lowest BCUT2D eigenvalue weighted by atomic mass is 10.3. The minimum absolute atomic E-state index is 0.113. The molecular weight excluding hydrogens is 328 g/mol. The molecule has 24 heavy (non-hydrogen) atoms. The maximum atomic E-state index is 12.5. The Balaban J connectivity index is 2.07. The van der Waals surface area contributed by atoms with Crippen molar-refractivity contribution in [3.8, 4) is 11.5 Å². The molecule has 0 aliphatic rings. The largest absolute Gasteiger partial charge is 0.457 e. The second kappa shape index (κ2) is 7.94. The molecule has 7 heteroatoms. The van der Waals surface area contributed by atoms with E-state index in [1.165, 1.54) is 26.2 Å². The smallest absolute Gasteiger partial charge is 0.242 e. The lowest BCUT2D eigenvalue weighted by Gasteiger charge is -2.17. The van der Waals surface area contributed by atoms with Gasteiger partial charge in [0, 0.05) is 27.1 Å². The van der Waals surface area contributed by atoms with Crippen LogP contribution in [0.3, 0.4) is 0 Å². The van der Waals surface area contributed by atoms with Gasteiger partial charge in [0.15, 0.2) is 0 Å². The molecule has 0 unspecified atom stereocenters. The van der Waals surface area contributed by atoms with Gasteiger partial charge in [-0.15, -0.1) is 0 Å². The molecule has 0 heterocycles. The molecule has 0 aromatic heterocycles. The summed E-state index contributed by atoms with van der Waals surface area (Å²) in [5, 5.41) is 2.47. The Morgan fingerprint density at radius 2 is 1.62 bits per heavy atom. The molecule has 0 spiro atoms. The van der Waals surface area contributed by atoms with Crippen LogP contribution in [0.4, 0.5) is 0 Å². The average Bonchev–Trinajstić information content (AvgIpc) is 2.60. The van der Waals surface area contributed by atoms with Gasteiger partial charge < -0.3 is 10.1 Å². The second-order valence-electron chi connectivity index (χ2n) is 5.14. The number of ether oxygens (including phenoxy) is 1. The molecule has 0 saturated heterocycles. The van der Waals surface area contributed by atoms with E-state index in [1.54, 1.807) is 12.1 Å². The number of para-hydroxylation sites is 1. The monoisotopic (exact) mass is 348 g/mol. The number of hydrogen-bond donors (Lipinski definition) is 1. The Kier molecular flexibility index (Phi) is 5.94. The van der Waals surface area contributed by atoms with E-state index in [4.69, 9.17) is 4.74 Å². The normalized spacial score (nSPS) is 11.3. The van der Waals surface area contributed by atoms with Crippen LogP contribution in [-0.2, 0) is 14.8 Å². The van der Waals surface area contributed by atoms with Gasteiger partial charge in [-0.1, -0.05) is 18.2 Å². The van der Waals surface area contributed by atoms with Crippen molar-refractivity contribution < 1.29 is 17.9 Å². The number of carbonyl (C=O) groups is 1. The number of hydrogen-bond acceptors (Lipinski definition) is 4. The van der Waals surface area contributed by atoms with E-state index in [9.17, 15) is 13.2 Å². The summed E-state index contributed by atoms with van der Waals surface area (Å²) in [6.07, 6.45) is 0.113. The van der Waals surface area contributed by atoms with Crippen LogP contribution in [0, 0.1) is 0 Å². The number of benzene rings is 2. The highest BCUT2D eigenvalue weighted by molar-refractivity contribution is 7.89. The summed E-state index contributed by atoms with van der Waals surface area (Å²) in [7, 11) is -0.667. The fourth-order valence-electron chi connectivity index (χ4n) is 1.99. The van der Waals surface area contributed by atoms with Gasteiger partial charge in [0.05, 0.1) is 4.90 Å². The van der Waals surface area contributed by atoms with E-state index in [1.807, 2.05) is 30.3 Å². The zero-order valence-corrected chi connectivity index (χ0v) is 14.4. The topological polar surface area (TPSA) is 75.7 Å². The molecule has 0 atom stereocenters. The van der Waals surface area contributed by atoms with Gasteiger partial charge in [0.25, 0.3) is 0 Å². The third kappa shape index (κ3) is 4.56. The van der Waals surface area contributed by atoms with Gasteiger partial charge in [-0.05, 0) is 36.4 Å². The van der Waals surface area contributed by atoms with Crippen LogP contribution in [0.25, 0.3) is 0 Å². The number of amides is 1. The van der Waals surface area contributed by atoms with Crippen molar-refractivity contribution in [3.05, 3.63) is 54.6 Å². The molecule has 0 saturated carbocycles. The van der Waals surface area contributed by atoms with E-state index in [2.05, 4.69) is 5.32 Å². The van der Waals surface area contributed by atoms with Crippen LogP contribution in [0.2, 0.25) is 0 Å². The Hall–Kier alpha value is -2.38. The standard InChI is InChI=1S/C17H20N2O4S/c1-18-17(20)12-13-19(2)24(21,22)16-10-8-15(9-11-16)23-14-6-4-3-5-7-14/h3-11H,12-13H2,1-2H3,(H,18,20). The van der Waals surface area contributed by atoms with E-state index >= 15 is 0 Å². The highest BCUT2D eigenvalue weighted by atomic mass is 32.2. The van der Waals surface area contributed by atoms with Crippen LogP contribution in [0.5, 0.6) is 11.5 Å². The lowest BCUT2D eigenvalue weighted by molar-refractivity contribution is -0.120. The predicted molar refractivity (Wildman–Crippen MR) is 91.5 cm³/mol. The maximum absolute atomic E-state index is 12.5. The average molecular weight is 348 g/mol. The molecule has 1 amide bonds. The SMILES string of the molecule is CNC(=O)CCN(C)S(=O)(=O)c1ccc(Oc2ccccc2)cc1. The number of nitrogens with one attached hydrogen (secondary N) is 1. The first-order chi connectivity index (χ1) is 11.4. The zero-order valence-electron chi connectivity index (χ0n) is 13.6. The van der Waals surface area contributed by atoms with Gasteiger partial charge in [-0.25, -0.2) is 12.7 Å². The van der Waals surface area contributed by atoms with Gasteiger partial charge in [-0.3, -0.25) is 4.79 Å². The van der Waals surface area contributed by atoms with Crippen LogP contribution in [0.15, 0.2) is 59.5 Å². The van der Waals surface area contributed by atoms with Crippen molar-refractivity contribution in [2.45, 2.75) is 11.3 Å². The van der Waals surface area contributed by atoms with Crippen LogP contribution >= 0.6 is 0 Å². The number of sulfonamides is 1. The molecular formula is C17H20N2O4S. The molecule has 0 fully saturated rings. The van der Waals surface area contributed by atoms with Crippen LogP contribution < -0.4 is 10.1 Å². The summed E-state index contributed by atoms with van der Waals surface area (Å²) < 4.78 is 31.7. The molecule has 2 aromatic carbocycles. The van der Waals surface area contributed by atoms with E-state index in [-0.39, 0.29) is 23.8 Å². The molecule has 0 aliphatic carbocycles. The Morgan fingerprint density at radius 3 is 2.21 bits per heavy atom. The summed E-state index contributed by atoms with van der Waals surface area (Å²) in [5.74, 6) is 1.02. The first kappa shape index (κ1) is 18.0.